The Labute approximate surface area is 48.0 Å². The SMILES string of the molecule is O=[C-]c1ccccc1. The Morgan fingerprint density at radius 1 is 1.12 bits per heavy atom. The van der Waals surface area contributed by atoms with Crippen molar-refractivity contribution in [2.75, 3.05) is 0 Å². The molecule has 1 nitrogen and oxygen atoms in total. The quantitative estimate of drug-likeness (QED) is 0.489. The summed E-state index contributed by atoms with van der Waals surface area (Å²) in [6.45, 7) is 0. The number of benzene rings is 1. The highest BCUT2D eigenvalue weighted by molar-refractivity contribution is 5.74. The van der Waals surface area contributed by atoms with E-state index in [0.717, 1.165) is 0 Å². The normalized spacial score (nSPS) is 8.50. The summed E-state index contributed by atoms with van der Waals surface area (Å²) in [4.78, 5) is 9.88. The van der Waals surface area contributed by atoms with Crippen molar-refractivity contribution in [1.29, 1.82) is 0 Å². The molecule has 0 bridgehead atoms. The van der Waals surface area contributed by atoms with Crippen LogP contribution in [0.25, 0.3) is 0 Å². The Bertz CT molecular complexity index is 167. The van der Waals surface area contributed by atoms with Crippen molar-refractivity contribution in [2.24, 2.45) is 0 Å². The standard InChI is InChI=1S/C7H5O/c8-6-7-4-2-1-3-5-7/h1-5H/q-1. The second kappa shape index (κ2) is 2.26. The van der Waals surface area contributed by atoms with Gasteiger partial charge >= 0.3 is 0 Å². The minimum absolute atomic E-state index is 0.604. The highest BCUT2D eigenvalue weighted by Crippen LogP contribution is 1.91. The Morgan fingerprint density at radius 3 is 2.12 bits per heavy atom. The molecule has 0 saturated heterocycles. The number of rotatable bonds is 1. The summed E-state index contributed by atoms with van der Waals surface area (Å²) in [6, 6.07) is 8.90. The van der Waals surface area contributed by atoms with Gasteiger partial charge in [0.2, 0.25) is 0 Å². The average Bonchev–Trinajstić information content (AvgIpc) is 1.90. The van der Waals surface area contributed by atoms with E-state index in [1.807, 2.05) is 6.07 Å². The molecule has 0 aliphatic heterocycles. The van der Waals surface area contributed by atoms with E-state index in [-0.39, 0.29) is 0 Å². The van der Waals surface area contributed by atoms with Gasteiger partial charge in [0.1, 0.15) is 0 Å². The lowest BCUT2D eigenvalue weighted by atomic mass is 10.2. The third-order valence-electron chi connectivity index (χ3n) is 0.892. The van der Waals surface area contributed by atoms with Crippen molar-refractivity contribution in [1.82, 2.24) is 0 Å². The van der Waals surface area contributed by atoms with Crippen LogP contribution in [-0.4, -0.2) is 6.29 Å². The molecular weight excluding hydrogens is 100 g/mol. The maximum absolute atomic E-state index is 9.88. The van der Waals surface area contributed by atoms with E-state index in [2.05, 4.69) is 0 Å². The summed E-state index contributed by atoms with van der Waals surface area (Å²) in [6.07, 6.45) is 1.78. The van der Waals surface area contributed by atoms with Crippen molar-refractivity contribution < 1.29 is 4.79 Å². The van der Waals surface area contributed by atoms with Crippen LogP contribution in [0, 0.1) is 0 Å². The minimum Gasteiger partial charge on any atom is -0.376 e. The Morgan fingerprint density at radius 2 is 1.75 bits per heavy atom. The van der Waals surface area contributed by atoms with Crippen LogP contribution in [0.15, 0.2) is 30.3 Å². The van der Waals surface area contributed by atoms with Crippen molar-refractivity contribution in [2.45, 2.75) is 0 Å². The molecule has 0 radical (unpaired) electrons. The highest BCUT2D eigenvalue weighted by atomic mass is 16.1. The van der Waals surface area contributed by atoms with E-state index in [4.69, 9.17) is 0 Å². The van der Waals surface area contributed by atoms with E-state index in [1.165, 1.54) is 0 Å². The maximum Gasteiger partial charge on any atom is 0.0627 e. The fourth-order valence-corrected chi connectivity index (χ4v) is 0.506. The topological polar surface area (TPSA) is 17.1 Å². The molecular formula is C7H5O-. The van der Waals surface area contributed by atoms with Crippen molar-refractivity contribution in [3.63, 3.8) is 0 Å². The van der Waals surface area contributed by atoms with Gasteiger partial charge in [-0.1, -0.05) is 6.07 Å². The van der Waals surface area contributed by atoms with Gasteiger partial charge in [0.25, 0.3) is 0 Å². The third kappa shape index (κ3) is 0.936. The van der Waals surface area contributed by atoms with Crippen LogP contribution in [0.3, 0.4) is 0 Å². The number of hydrogen-bond acceptors (Lipinski definition) is 1. The molecule has 0 atom stereocenters. The lowest BCUT2D eigenvalue weighted by Crippen LogP contribution is -1.73. The molecule has 40 valence electrons. The summed E-state index contributed by atoms with van der Waals surface area (Å²) >= 11 is 0. The van der Waals surface area contributed by atoms with Crippen LogP contribution in [-0.2, 0) is 4.79 Å². The van der Waals surface area contributed by atoms with Crippen molar-refractivity contribution >= 4 is 6.29 Å². The molecule has 0 heterocycles. The van der Waals surface area contributed by atoms with Gasteiger partial charge in [0, 0.05) is 0 Å². The van der Waals surface area contributed by atoms with Crippen LogP contribution in [0.2, 0.25) is 0 Å². The molecule has 1 aromatic carbocycles. The molecule has 0 unspecified atom stereocenters. The Kier molecular flexibility index (Phi) is 1.42. The van der Waals surface area contributed by atoms with Gasteiger partial charge in [-0.05, 0) is 0 Å². The second-order valence-electron chi connectivity index (χ2n) is 1.47. The molecule has 0 spiro atoms. The summed E-state index contributed by atoms with van der Waals surface area (Å²) in [5.74, 6) is 0. The van der Waals surface area contributed by atoms with E-state index in [1.54, 1.807) is 30.6 Å². The van der Waals surface area contributed by atoms with Crippen molar-refractivity contribution in [3.05, 3.63) is 35.9 Å². The summed E-state index contributed by atoms with van der Waals surface area (Å²) in [5, 5.41) is 0. The predicted molar refractivity (Wildman–Crippen MR) is 31.2 cm³/mol. The van der Waals surface area contributed by atoms with Gasteiger partial charge in [-0.15, -0.1) is 12.1 Å². The van der Waals surface area contributed by atoms with Gasteiger partial charge < -0.3 is 4.79 Å². The zero-order valence-corrected chi connectivity index (χ0v) is 4.29. The molecule has 0 amide bonds. The molecule has 0 aliphatic carbocycles. The molecule has 0 aromatic heterocycles. The van der Waals surface area contributed by atoms with E-state index in [0.29, 0.717) is 5.56 Å². The van der Waals surface area contributed by atoms with E-state index >= 15 is 0 Å². The molecule has 8 heavy (non-hydrogen) atoms. The van der Waals surface area contributed by atoms with Gasteiger partial charge in [-0.25, -0.2) is 0 Å². The highest BCUT2D eigenvalue weighted by Gasteiger charge is 1.69. The second-order valence-corrected chi connectivity index (χ2v) is 1.47. The predicted octanol–water partition coefficient (Wildman–Crippen LogP) is 1.14. The first-order chi connectivity index (χ1) is 3.93. The summed E-state index contributed by atoms with van der Waals surface area (Å²) in [5.41, 5.74) is 0.604. The average molecular weight is 105 g/mol. The fourth-order valence-electron chi connectivity index (χ4n) is 0.506. The van der Waals surface area contributed by atoms with Gasteiger partial charge in [0.05, 0.1) is 6.29 Å². The lowest BCUT2D eigenvalue weighted by molar-refractivity contribution is 0.563. The molecule has 1 aromatic rings. The zero-order valence-electron chi connectivity index (χ0n) is 4.29. The Hall–Kier alpha value is -1.11. The molecule has 0 fully saturated rings. The first kappa shape index (κ1) is 5.04. The van der Waals surface area contributed by atoms with Crippen molar-refractivity contribution in [3.8, 4) is 0 Å². The van der Waals surface area contributed by atoms with Gasteiger partial charge in [-0.3, -0.25) is 0 Å². The third-order valence-corrected chi connectivity index (χ3v) is 0.892. The molecule has 0 saturated carbocycles. The van der Waals surface area contributed by atoms with Gasteiger partial charge in [-0.2, -0.15) is 17.7 Å². The largest absolute Gasteiger partial charge is 0.376 e. The van der Waals surface area contributed by atoms with Gasteiger partial charge in [0.15, 0.2) is 0 Å². The van der Waals surface area contributed by atoms with Crippen LogP contribution < -0.4 is 0 Å². The molecule has 1 rings (SSSR count). The molecule has 0 N–H and O–H groups in total. The first-order valence-electron chi connectivity index (χ1n) is 2.36. The molecule has 0 aliphatic rings. The number of hydrogen-bond donors (Lipinski definition) is 0. The molecule has 1 heteroatoms. The fraction of sp³-hybridized carbons (Fsp3) is 0. The smallest absolute Gasteiger partial charge is 0.0627 e. The van der Waals surface area contributed by atoms with Crippen LogP contribution in [0.1, 0.15) is 5.56 Å². The Balaban J connectivity index is 2.99. The monoisotopic (exact) mass is 105 g/mol. The van der Waals surface area contributed by atoms with E-state index in [9.17, 15) is 4.79 Å². The van der Waals surface area contributed by atoms with Crippen LogP contribution >= 0.6 is 0 Å². The first-order valence-corrected chi connectivity index (χ1v) is 2.36. The summed E-state index contributed by atoms with van der Waals surface area (Å²) in [7, 11) is 0. The minimum atomic E-state index is 0.604. The van der Waals surface area contributed by atoms with Crippen LogP contribution in [0.5, 0.6) is 0 Å². The zero-order chi connectivity index (χ0) is 5.82. The summed E-state index contributed by atoms with van der Waals surface area (Å²) < 4.78 is 0. The van der Waals surface area contributed by atoms with Crippen LogP contribution in [0.4, 0.5) is 0 Å². The lowest BCUT2D eigenvalue weighted by Gasteiger charge is -1.92. The van der Waals surface area contributed by atoms with E-state index < -0.39 is 0 Å². The number of carbonyl (C=O) groups excluding carboxylic acids is 1. The maximum atomic E-state index is 9.88.